The van der Waals surface area contributed by atoms with E-state index >= 15 is 0 Å². The van der Waals surface area contributed by atoms with E-state index in [1.807, 2.05) is 54.6 Å². The van der Waals surface area contributed by atoms with Gasteiger partial charge in [0, 0.05) is 12.1 Å². The van der Waals surface area contributed by atoms with Crippen molar-refractivity contribution in [1.29, 1.82) is 0 Å². The first kappa shape index (κ1) is 22.0. The smallest absolute Gasteiger partial charge is 0.236 e. The minimum atomic E-state index is -0.538. The molecular formula is C25H22FN5O2S. The Morgan fingerprint density at radius 1 is 1.06 bits per heavy atom. The number of benzene rings is 3. The number of nitrogens with zero attached hydrogens (tertiary/aromatic N) is 3. The maximum absolute atomic E-state index is 13.6. The molecule has 34 heavy (non-hydrogen) atoms. The Morgan fingerprint density at radius 3 is 2.50 bits per heavy atom. The number of thioether (sulfide) groups is 1. The summed E-state index contributed by atoms with van der Waals surface area (Å²) in [5.41, 5.74) is 6.04. The zero-order valence-corrected chi connectivity index (χ0v) is 19.1. The molecule has 0 saturated heterocycles. The van der Waals surface area contributed by atoms with E-state index in [0.29, 0.717) is 17.5 Å². The van der Waals surface area contributed by atoms with Crippen molar-refractivity contribution in [3.63, 3.8) is 0 Å². The van der Waals surface area contributed by atoms with Crippen molar-refractivity contribution in [2.45, 2.75) is 23.0 Å². The molecule has 2 atom stereocenters. The molecule has 1 amide bonds. The molecule has 5 rings (SSSR count). The average molecular weight is 476 g/mol. The monoisotopic (exact) mass is 475 g/mol. The molecule has 172 valence electrons. The number of amides is 1. The van der Waals surface area contributed by atoms with Crippen LogP contribution in [0.4, 0.5) is 4.39 Å². The second-order valence-corrected chi connectivity index (χ2v) is 8.88. The van der Waals surface area contributed by atoms with Crippen LogP contribution in [0.1, 0.15) is 17.2 Å². The molecule has 0 saturated carbocycles. The van der Waals surface area contributed by atoms with Crippen LogP contribution in [0.25, 0.3) is 11.4 Å². The molecule has 1 aliphatic heterocycles. The van der Waals surface area contributed by atoms with Crippen LogP contribution in [-0.2, 0) is 11.3 Å². The van der Waals surface area contributed by atoms with Gasteiger partial charge in [0.05, 0.1) is 13.2 Å². The summed E-state index contributed by atoms with van der Waals surface area (Å²) in [7, 11) is 1.61. The van der Waals surface area contributed by atoms with Gasteiger partial charge in [0.2, 0.25) is 11.1 Å². The van der Waals surface area contributed by atoms with Crippen molar-refractivity contribution in [1.82, 2.24) is 20.2 Å². The standard InChI is InChI=1S/C25H22FN5O2S/c1-33-20-13-7-16(8-14-20)15-27-24(32)22-21(17-9-11-19(26)12-10-17)30-31-23(28-29-25(31)34-22)18-5-3-2-4-6-18/h2-14,21-22,30H,15H2,1H3,(H,27,32)/t21-,22-/m0/s1. The first-order chi connectivity index (χ1) is 16.6. The zero-order valence-electron chi connectivity index (χ0n) is 18.3. The van der Waals surface area contributed by atoms with Crippen LogP contribution in [0.5, 0.6) is 5.75 Å². The van der Waals surface area contributed by atoms with Gasteiger partial charge in [-0.2, -0.15) is 0 Å². The van der Waals surface area contributed by atoms with E-state index in [9.17, 15) is 9.18 Å². The Bertz CT molecular complexity index is 1280. The van der Waals surface area contributed by atoms with E-state index in [0.717, 1.165) is 22.4 Å². The Hall–Kier alpha value is -3.85. The van der Waals surface area contributed by atoms with E-state index < -0.39 is 11.3 Å². The Morgan fingerprint density at radius 2 is 1.79 bits per heavy atom. The van der Waals surface area contributed by atoms with Gasteiger partial charge < -0.3 is 15.5 Å². The van der Waals surface area contributed by atoms with Gasteiger partial charge in [0.1, 0.15) is 16.8 Å². The minimum Gasteiger partial charge on any atom is -0.497 e. The van der Waals surface area contributed by atoms with Crippen LogP contribution in [0.3, 0.4) is 0 Å². The van der Waals surface area contributed by atoms with Crippen molar-refractivity contribution >= 4 is 17.7 Å². The predicted molar refractivity (Wildman–Crippen MR) is 128 cm³/mol. The zero-order chi connectivity index (χ0) is 23.5. The normalized spacial score (nSPS) is 16.9. The molecule has 9 heteroatoms. The van der Waals surface area contributed by atoms with E-state index in [4.69, 9.17) is 4.74 Å². The van der Waals surface area contributed by atoms with Crippen LogP contribution in [0.2, 0.25) is 0 Å². The summed E-state index contributed by atoms with van der Waals surface area (Å²) < 4.78 is 20.6. The Labute approximate surface area is 200 Å². The second-order valence-electron chi connectivity index (χ2n) is 7.77. The number of rotatable bonds is 6. The van der Waals surface area contributed by atoms with Crippen molar-refractivity contribution in [3.8, 4) is 17.1 Å². The average Bonchev–Trinajstić information content (AvgIpc) is 3.31. The van der Waals surface area contributed by atoms with Gasteiger partial charge in [-0.3, -0.25) is 4.79 Å². The van der Waals surface area contributed by atoms with E-state index in [2.05, 4.69) is 20.9 Å². The van der Waals surface area contributed by atoms with Crippen LogP contribution >= 0.6 is 11.8 Å². The minimum absolute atomic E-state index is 0.154. The molecule has 0 bridgehead atoms. The van der Waals surface area contributed by atoms with Crippen LogP contribution in [0.15, 0.2) is 84.0 Å². The van der Waals surface area contributed by atoms with Crippen LogP contribution in [0, 0.1) is 5.82 Å². The van der Waals surface area contributed by atoms with Gasteiger partial charge >= 0.3 is 0 Å². The molecule has 7 nitrogen and oxygen atoms in total. The molecule has 2 N–H and O–H groups in total. The van der Waals surface area contributed by atoms with Crippen LogP contribution < -0.4 is 15.5 Å². The SMILES string of the molecule is COc1ccc(CNC(=O)[C@H]2Sc3nnc(-c4ccccc4)n3N[C@H]2c2ccc(F)cc2)cc1. The number of nitrogens with one attached hydrogen (secondary N) is 2. The number of halogens is 1. The number of fused-ring (bicyclic) bond motifs is 1. The molecule has 0 spiro atoms. The number of carbonyl (C=O) groups excluding carboxylic acids is 1. The summed E-state index contributed by atoms with van der Waals surface area (Å²) in [5, 5.41) is 11.7. The molecule has 3 aromatic carbocycles. The predicted octanol–water partition coefficient (Wildman–Crippen LogP) is 4.17. The summed E-state index contributed by atoms with van der Waals surface area (Å²) in [6, 6.07) is 23.0. The van der Waals surface area contributed by atoms with Gasteiger partial charge in [-0.1, -0.05) is 66.4 Å². The third kappa shape index (κ3) is 4.47. The largest absolute Gasteiger partial charge is 0.497 e. The molecule has 0 unspecified atom stereocenters. The number of carbonyl (C=O) groups is 1. The fourth-order valence-electron chi connectivity index (χ4n) is 3.78. The molecule has 0 aliphatic carbocycles. The molecule has 1 aromatic heterocycles. The lowest BCUT2D eigenvalue weighted by Crippen LogP contribution is -2.43. The van der Waals surface area contributed by atoms with Crippen molar-refractivity contribution < 1.29 is 13.9 Å². The summed E-state index contributed by atoms with van der Waals surface area (Å²) in [5.74, 6) is 0.917. The lowest BCUT2D eigenvalue weighted by Gasteiger charge is -2.33. The molecular weight excluding hydrogens is 453 g/mol. The first-order valence-corrected chi connectivity index (χ1v) is 11.6. The maximum atomic E-state index is 13.6. The van der Waals surface area contributed by atoms with Crippen molar-refractivity contribution in [2.24, 2.45) is 0 Å². The van der Waals surface area contributed by atoms with Crippen molar-refractivity contribution in [2.75, 3.05) is 12.5 Å². The lowest BCUT2D eigenvalue weighted by atomic mass is 10.0. The Balaban J connectivity index is 1.42. The maximum Gasteiger partial charge on any atom is 0.236 e. The van der Waals surface area contributed by atoms with Gasteiger partial charge in [-0.25, -0.2) is 9.07 Å². The highest BCUT2D eigenvalue weighted by Crippen LogP contribution is 2.38. The topological polar surface area (TPSA) is 81.1 Å². The van der Waals surface area contributed by atoms with E-state index in [1.165, 1.54) is 23.9 Å². The molecule has 4 aromatic rings. The molecule has 1 aliphatic rings. The fraction of sp³-hybridized carbons (Fsp3) is 0.160. The number of hydrogen-bond acceptors (Lipinski definition) is 6. The highest BCUT2D eigenvalue weighted by atomic mass is 32.2. The highest BCUT2D eigenvalue weighted by Gasteiger charge is 2.38. The third-order valence-corrected chi connectivity index (χ3v) is 6.80. The van der Waals surface area contributed by atoms with Gasteiger partial charge in [-0.15, -0.1) is 10.2 Å². The number of hydrogen-bond donors (Lipinski definition) is 2. The Kier molecular flexibility index (Phi) is 6.18. The van der Waals surface area contributed by atoms with E-state index in [-0.39, 0.29) is 11.7 Å². The quantitative estimate of drug-likeness (QED) is 0.436. The summed E-state index contributed by atoms with van der Waals surface area (Å²) >= 11 is 1.33. The van der Waals surface area contributed by atoms with Crippen molar-refractivity contribution in [3.05, 3.63) is 95.8 Å². The highest BCUT2D eigenvalue weighted by molar-refractivity contribution is 8.00. The molecule has 0 radical (unpaired) electrons. The fourth-order valence-corrected chi connectivity index (χ4v) is 4.89. The second kappa shape index (κ2) is 9.56. The van der Waals surface area contributed by atoms with Gasteiger partial charge in [-0.05, 0) is 35.4 Å². The summed E-state index contributed by atoms with van der Waals surface area (Å²) in [6.45, 7) is 0.373. The summed E-state index contributed by atoms with van der Waals surface area (Å²) in [6.07, 6.45) is 0. The molecule has 0 fully saturated rings. The third-order valence-electron chi connectivity index (χ3n) is 5.58. The molecule has 2 heterocycles. The number of aromatic nitrogens is 3. The number of methoxy groups -OCH3 is 1. The lowest BCUT2D eigenvalue weighted by molar-refractivity contribution is -0.121. The number of ether oxygens (including phenoxy) is 1. The van der Waals surface area contributed by atoms with Gasteiger partial charge in [0.15, 0.2) is 5.82 Å². The van der Waals surface area contributed by atoms with Gasteiger partial charge in [0.25, 0.3) is 0 Å². The van der Waals surface area contributed by atoms with E-state index in [1.54, 1.807) is 23.9 Å². The first-order valence-electron chi connectivity index (χ1n) is 10.7. The van der Waals surface area contributed by atoms with Crippen LogP contribution in [-0.4, -0.2) is 33.1 Å². The summed E-state index contributed by atoms with van der Waals surface area (Å²) in [4.78, 5) is 13.3.